The third kappa shape index (κ3) is 3.76. The predicted molar refractivity (Wildman–Crippen MR) is 111 cm³/mol. The van der Waals surface area contributed by atoms with Crippen LogP contribution in [0.15, 0.2) is 35.1 Å². The van der Waals surface area contributed by atoms with E-state index in [1.165, 1.54) is 5.56 Å². The van der Waals surface area contributed by atoms with Crippen LogP contribution in [-0.4, -0.2) is 35.3 Å². The van der Waals surface area contributed by atoms with E-state index in [-0.39, 0.29) is 29.2 Å². The van der Waals surface area contributed by atoms with Crippen LogP contribution >= 0.6 is 0 Å². The third-order valence-electron chi connectivity index (χ3n) is 6.08. The smallest absolute Gasteiger partial charge is 0.263 e. The number of pyridine rings is 1. The first-order valence-corrected chi connectivity index (χ1v) is 10.3. The lowest BCUT2D eigenvalue weighted by molar-refractivity contribution is 0.0548. The second-order valence-electron chi connectivity index (χ2n) is 8.44. The number of ether oxygens (including phenoxy) is 2. The summed E-state index contributed by atoms with van der Waals surface area (Å²) in [6.45, 7) is 8.19. The summed E-state index contributed by atoms with van der Waals surface area (Å²) in [4.78, 5) is 27.8. The van der Waals surface area contributed by atoms with Crippen LogP contribution in [0.1, 0.15) is 48.3 Å². The largest absolute Gasteiger partial charge is 0.454 e. The summed E-state index contributed by atoms with van der Waals surface area (Å²) in [5, 5.41) is 0. The van der Waals surface area contributed by atoms with E-state index in [0.717, 1.165) is 36.5 Å². The van der Waals surface area contributed by atoms with Gasteiger partial charge in [-0.3, -0.25) is 9.59 Å². The van der Waals surface area contributed by atoms with Crippen molar-refractivity contribution in [2.24, 2.45) is 5.41 Å². The zero-order valence-electron chi connectivity index (χ0n) is 17.4. The standard InChI is InChI=1S/C23H28N2O4/c1-4-25-16(2)6-8-18(22(25)27)21(26)24-11-5-10-23(3,14-24)13-17-7-9-19-20(12-17)29-15-28-19/h6-9,12H,4-5,10-11,13-15H2,1-3H3/t23-/m0/s1. The lowest BCUT2D eigenvalue weighted by Gasteiger charge is -2.40. The maximum atomic E-state index is 13.2. The number of amides is 1. The molecule has 6 heteroatoms. The van der Waals surface area contributed by atoms with Gasteiger partial charge in [0.2, 0.25) is 6.79 Å². The molecule has 0 saturated carbocycles. The normalized spacial score (nSPS) is 20.7. The fourth-order valence-corrected chi connectivity index (χ4v) is 4.57. The Hall–Kier alpha value is -2.76. The Morgan fingerprint density at radius 2 is 1.97 bits per heavy atom. The van der Waals surface area contributed by atoms with Crippen LogP contribution in [0.3, 0.4) is 0 Å². The van der Waals surface area contributed by atoms with E-state index in [1.54, 1.807) is 10.6 Å². The van der Waals surface area contributed by atoms with Crippen LogP contribution in [0.4, 0.5) is 0 Å². The van der Waals surface area contributed by atoms with Gasteiger partial charge in [0.15, 0.2) is 11.5 Å². The molecule has 0 bridgehead atoms. The molecule has 3 heterocycles. The fraction of sp³-hybridized carbons (Fsp3) is 0.478. The van der Waals surface area contributed by atoms with Crippen molar-refractivity contribution >= 4 is 5.91 Å². The molecule has 0 aliphatic carbocycles. The molecule has 154 valence electrons. The number of likely N-dealkylation sites (tertiary alicyclic amines) is 1. The van der Waals surface area contributed by atoms with Gasteiger partial charge in [0.25, 0.3) is 11.5 Å². The Labute approximate surface area is 171 Å². The highest BCUT2D eigenvalue weighted by molar-refractivity contribution is 5.94. The molecule has 1 aromatic heterocycles. The molecule has 29 heavy (non-hydrogen) atoms. The summed E-state index contributed by atoms with van der Waals surface area (Å²) in [5.74, 6) is 1.41. The molecule has 0 N–H and O–H groups in total. The van der Waals surface area contributed by atoms with Crippen LogP contribution in [-0.2, 0) is 13.0 Å². The van der Waals surface area contributed by atoms with Crippen molar-refractivity contribution in [2.75, 3.05) is 19.9 Å². The van der Waals surface area contributed by atoms with Crippen LogP contribution in [0.5, 0.6) is 11.5 Å². The molecule has 2 aliphatic rings. The molecule has 1 fully saturated rings. The molecule has 6 nitrogen and oxygen atoms in total. The molecule has 0 unspecified atom stereocenters. The summed E-state index contributed by atoms with van der Waals surface area (Å²) >= 11 is 0. The minimum Gasteiger partial charge on any atom is -0.454 e. The number of nitrogens with zero attached hydrogens (tertiary/aromatic N) is 2. The summed E-state index contributed by atoms with van der Waals surface area (Å²) in [7, 11) is 0. The number of fused-ring (bicyclic) bond motifs is 1. The molecular formula is C23H28N2O4. The summed E-state index contributed by atoms with van der Waals surface area (Å²) in [5.41, 5.74) is 2.08. The van der Waals surface area contributed by atoms with Crippen molar-refractivity contribution in [1.82, 2.24) is 9.47 Å². The monoisotopic (exact) mass is 396 g/mol. The highest BCUT2D eigenvalue weighted by Crippen LogP contribution is 2.37. The third-order valence-corrected chi connectivity index (χ3v) is 6.08. The van der Waals surface area contributed by atoms with Crippen molar-refractivity contribution in [2.45, 2.75) is 46.6 Å². The number of hydrogen-bond acceptors (Lipinski definition) is 4. The number of carbonyl (C=O) groups excluding carboxylic acids is 1. The molecule has 1 amide bonds. The van der Waals surface area contributed by atoms with E-state index in [1.807, 2.05) is 36.9 Å². The highest BCUT2D eigenvalue weighted by atomic mass is 16.7. The van der Waals surface area contributed by atoms with Crippen LogP contribution in [0.2, 0.25) is 0 Å². The molecule has 1 atom stereocenters. The molecule has 0 spiro atoms. The Morgan fingerprint density at radius 3 is 2.76 bits per heavy atom. The molecule has 2 aromatic rings. The van der Waals surface area contributed by atoms with Gasteiger partial charge in [-0.25, -0.2) is 0 Å². The summed E-state index contributed by atoms with van der Waals surface area (Å²) in [6, 6.07) is 9.59. The fourth-order valence-electron chi connectivity index (χ4n) is 4.57. The average molecular weight is 396 g/mol. The molecular weight excluding hydrogens is 368 g/mol. The summed E-state index contributed by atoms with van der Waals surface area (Å²) < 4.78 is 12.6. The topological polar surface area (TPSA) is 60.8 Å². The van der Waals surface area contributed by atoms with E-state index < -0.39 is 0 Å². The number of carbonyl (C=O) groups is 1. The highest BCUT2D eigenvalue weighted by Gasteiger charge is 2.34. The number of aromatic nitrogens is 1. The number of benzene rings is 1. The zero-order valence-corrected chi connectivity index (χ0v) is 17.4. The molecule has 0 radical (unpaired) electrons. The second kappa shape index (κ2) is 7.58. The Morgan fingerprint density at radius 1 is 1.17 bits per heavy atom. The average Bonchev–Trinajstić information content (AvgIpc) is 3.15. The summed E-state index contributed by atoms with van der Waals surface area (Å²) in [6.07, 6.45) is 2.82. The minimum absolute atomic E-state index is 0.0456. The lowest BCUT2D eigenvalue weighted by Crippen LogP contribution is -2.47. The van der Waals surface area contributed by atoms with E-state index in [4.69, 9.17) is 9.47 Å². The van der Waals surface area contributed by atoms with Crippen molar-refractivity contribution in [3.8, 4) is 11.5 Å². The van der Waals surface area contributed by atoms with Gasteiger partial charge in [-0.15, -0.1) is 0 Å². The van der Waals surface area contributed by atoms with Crippen molar-refractivity contribution in [1.29, 1.82) is 0 Å². The van der Waals surface area contributed by atoms with Gasteiger partial charge in [0.1, 0.15) is 5.56 Å². The van der Waals surface area contributed by atoms with Gasteiger partial charge in [-0.1, -0.05) is 13.0 Å². The Kier molecular flexibility index (Phi) is 5.11. The van der Waals surface area contributed by atoms with Crippen molar-refractivity contribution in [3.63, 3.8) is 0 Å². The first kappa shape index (κ1) is 19.6. The predicted octanol–water partition coefficient (Wildman–Crippen LogP) is 3.39. The van der Waals surface area contributed by atoms with Gasteiger partial charge in [0, 0.05) is 25.3 Å². The van der Waals surface area contributed by atoms with E-state index in [0.29, 0.717) is 19.6 Å². The van der Waals surface area contributed by atoms with Crippen LogP contribution < -0.4 is 15.0 Å². The van der Waals surface area contributed by atoms with Gasteiger partial charge in [0.05, 0.1) is 0 Å². The Balaban J connectivity index is 1.53. The quantitative estimate of drug-likeness (QED) is 0.795. The molecule has 2 aliphatic heterocycles. The van der Waals surface area contributed by atoms with E-state index >= 15 is 0 Å². The van der Waals surface area contributed by atoms with Gasteiger partial charge < -0.3 is 18.9 Å². The number of hydrogen-bond donors (Lipinski definition) is 0. The number of rotatable bonds is 4. The minimum atomic E-state index is -0.194. The van der Waals surface area contributed by atoms with Crippen molar-refractivity contribution < 1.29 is 14.3 Å². The van der Waals surface area contributed by atoms with Gasteiger partial charge in [-0.05, 0) is 68.4 Å². The SMILES string of the molecule is CCn1c(C)ccc(C(=O)N2CCC[C@@](C)(Cc3ccc4c(c3)OCO4)C2)c1=O. The first-order valence-electron chi connectivity index (χ1n) is 10.3. The number of aryl methyl sites for hydroxylation is 1. The first-order chi connectivity index (χ1) is 13.9. The van der Waals surface area contributed by atoms with E-state index in [9.17, 15) is 9.59 Å². The second-order valence-corrected chi connectivity index (χ2v) is 8.44. The zero-order chi connectivity index (χ0) is 20.6. The van der Waals surface area contributed by atoms with E-state index in [2.05, 4.69) is 13.0 Å². The van der Waals surface area contributed by atoms with Crippen LogP contribution in [0, 0.1) is 12.3 Å². The molecule has 1 aromatic carbocycles. The van der Waals surface area contributed by atoms with Gasteiger partial charge in [-0.2, -0.15) is 0 Å². The van der Waals surface area contributed by atoms with Crippen molar-refractivity contribution in [3.05, 3.63) is 57.5 Å². The maximum absolute atomic E-state index is 13.2. The van der Waals surface area contributed by atoms with Gasteiger partial charge >= 0.3 is 0 Å². The number of piperidine rings is 1. The molecule has 4 rings (SSSR count). The molecule has 1 saturated heterocycles. The van der Waals surface area contributed by atoms with Crippen LogP contribution in [0.25, 0.3) is 0 Å². The Bertz CT molecular complexity index is 997. The maximum Gasteiger partial charge on any atom is 0.263 e. The lowest BCUT2D eigenvalue weighted by atomic mass is 9.76.